The first kappa shape index (κ1) is 31.8. The number of aryl methyl sites for hydroxylation is 1. The Kier molecular flexibility index (Phi) is 7.03. The molecule has 2 heterocycles. The summed E-state index contributed by atoms with van der Waals surface area (Å²) in [6.07, 6.45) is -15.0. The molecule has 15 heteroatoms. The maximum absolute atomic E-state index is 13.5. The number of hydrogen-bond acceptors (Lipinski definition) is 4. The third-order valence-electron chi connectivity index (χ3n) is 7.86. The second kappa shape index (κ2) is 10.4. The number of amides is 4. The van der Waals surface area contributed by atoms with E-state index in [2.05, 4.69) is 0 Å². The molecule has 0 fully saturated rings. The lowest BCUT2D eigenvalue weighted by atomic mass is 9.85. The van der Waals surface area contributed by atoms with Crippen molar-refractivity contribution in [3.05, 3.63) is 116 Å². The van der Waals surface area contributed by atoms with Crippen molar-refractivity contribution in [1.82, 2.24) is 9.80 Å². The third kappa shape index (κ3) is 5.38. The van der Waals surface area contributed by atoms with E-state index in [1.165, 1.54) is 13.0 Å². The Bertz CT molecular complexity index is 1960. The maximum atomic E-state index is 13.5. The van der Waals surface area contributed by atoms with Gasteiger partial charge in [-0.05, 0) is 72.6 Å². The summed E-state index contributed by atoms with van der Waals surface area (Å²) in [7, 11) is 0. The van der Waals surface area contributed by atoms with E-state index in [0.717, 1.165) is 41.3 Å². The van der Waals surface area contributed by atoms with Gasteiger partial charge in [0.05, 0.1) is 29.8 Å². The molecule has 2 aliphatic rings. The van der Waals surface area contributed by atoms with Crippen molar-refractivity contribution in [3.63, 3.8) is 0 Å². The molecule has 4 aromatic rings. The molecule has 0 bridgehead atoms. The van der Waals surface area contributed by atoms with Gasteiger partial charge < -0.3 is 0 Å². The number of hydrogen-bond donors (Lipinski definition) is 0. The number of rotatable bonds is 4. The highest BCUT2D eigenvalue weighted by molar-refractivity contribution is 6.33. The summed E-state index contributed by atoms with van der Waals surface area (Å²) in [5, 5.41) is -0.214. The summed E-state index contributed by atoms with van der Waals surface area (Å²) < 4.78 is 121. The van der Waals surface area contributed by atoms with Crippen molar-refractivity contribution in [2.75, 3.05) is 0 Å². The minimum atomic E-state index is -5.17. The van der Waals surface area contributed by atoms with Gasteiger partial charge in [-0.3, -0.25) is 29.0 Å². The second-order valence-corrected chi connectivity index (χ2v) is 11.1. The molecule has 0 unspecified atom stereocenters. The van der Waals surface area contributed by atoms with Crippen LogP contribution in [-0.2, 0) is 31.6 Å². The van der Waals surface area contributed by atoms with Gasteiger partial charge >= 0.3 is 18.5 Å². The monoisotopic (exact) mass is 664 g/mol. The fourth-order valence-corrected chi connectivity index (χ4v) is 5.85. The number of carbonyl (C=O) groups excluding carboxylic acids is 4. The fraction of sp³-hybridized carbons (Fsp3) is 0.188. The van der Waals surface area contributed by atoms with Gasteiger partial charge in [0.15, 0.2) is 0 Å². The van der Waals surface area contributed by atoms with Gasteiger partial charge in [-0.2, -0.15) is 39.5 Å². The number of nitrogens with zero attached hydrogens (tertiary/aromatic N) is 2. The molecule has 47 heavy (non-hydrogen) atoms. The van der Waals surface area contributed by atoms with Crippen molar-refractivity contribution in [2.24, 2.45) is 0 Å². The molecule has 0 atom stereocenters. The lowest BCUT2D eigenvalue weighted by Crippen LogP contribution is -2.42. The van der Waals surface area contributed by atoms with Gasteiger partial charge in [-0.25, -0.2) is 0 Å². The van der Waals surface area contributed by atoms with Crippen LogP contribution in [0.1, 0.15) is 74.8 Å². The van der Waals surface area contributed by atoms with E-state index in [4.69, 9.17) is 0 Å². The Balaban J connectivity index is 1.39. The van der Waals surface area contributed by atoms with Crippen molar-refractivity contribution >= 4 is 34.4 Å². The van der Waals surface area contributed by atoms with Gasteiger partial charge in [0.25, 0.3) is 23.6 Å². The van der Waals surface area contributed by atoms with E-state index in [1.807, 2.05) is 0 Å². The normalized spacial score (nSPS) is 15.3. The minimum Gasteiger partial charge on any atom is -0.270 e. The smallest absolute Gasteiger partial charge is 0.270 e. The van der Waals surface area contributed by atoms with Gasteiger partial charge in [0, 0.05) is 33.0 Å². The van der Waals surface area contributed by atoms with Crippen LogP contribution in [0.25, 0.3) is 10.8 Å². The lowest BCUT2D eigenvalue weighted by Gasteiger charge is -2.32. The first-order valence-electron chi connectivity index (χ1n) is 13.5. The van der Waals surface area contributed by atoms with Crippen molar-refractivity contribution in [3.8, 4) is 0 Å². The van der Waals surface area contributed by atoms with Crippen LogP contribution in [0.5, 0.6) is 0 Å². The summed E-state index contributed by atoms with van der Waals surface area (Å²) in [6.45, 7) is -0.0811. The second-order valence-electron chi connectivity index (χ2n) is 11.1. The first-order valence-corrected chi connectivity index (χ1v) is 13.5. The molecule has 6 rings (SSSR count). The van der Waals surface area contributed by atoms with Gasteiger partial charge in [0.1, 0.15) is 0 Å². The van der Waals surface area contributed by atoms with Crippen LogP contribution in [0.2, 0.25) is 0 Å². The molecule has 0 saturated heterocycles. The van der Waals surface area contributed by atoms with Crippen molar-refractivity contribution in [2.45, 2.75) is 38.5 Å². The van der Waals surface area contributed by atoms with Gasteiger partial charge in [-0.15, -0.1) is 0 Å². The Morgan fingerprint density at radius 3 is 1.09 bits per heavy atom. The van der Waals surface area contributed by atoms with Crippen LogP contribution in [-0.4, -0.2) is 33.4 Å². The molecule has 242 valence electrons. The van der Waals surface area contributed by atoms with E-state index in [9.17, 15) is 58.7 Å². The molecule has 0 aromatic heterocycles. The molecule has 4 aromatic carbocycles. The topological polar surface area (TPSA) is 74.8 Å². The average Bonchev–Trinajstić information content (AvgIpc) is 2.97. The Hall–Kier alpha value is -5.21. The fourth-order valence-electron chi connectivity index (χ4n) is 5.85. The molecule has 2 aliphatic heterocycles. The number of halogens is 9. The van der Waals surface area contributed by atoms with Gasteiger partial charge in [0.2, 0.25) is 0 Å². The number of benzene rings is 4. The zero-order chi connectivity index (χ0) is 34.4. The molecule has 0 radical (unpaired) electrons. The molecule has 0 saturated carbocycles. The molecule has 0 aliphatic carbocycles. The summed E-state index contributed by atoms with van der Waals surface area (Å²) in [4.78, 5) is 55.3. The summed E-state index contributed by atoms with van der Waals surface area (Å²) in [6, 6.07) is 8.33. The van der Waals surface area contributed by atoms with Crippen molar-refractivity contribution < 1.29 is 58.7 Å². The minimum absolute atomic E-state index is 0.0114. The largest absolute Gasteiger partial charge is 0.416 e. The molecule has 6 nitrogen and oxygen atoms in total. The zero-order valence-corrected chi connectivity index (χ0v) is 23.6. The average molecular weight is 664 g/mol. The Morgan fingerprint density at radius 1 is 0.468 bits per heavy atom. The van der Waals surface area contributed by atoms with Crippen LogP contribution >= 0.6 is 0 Å². The third-order valence-corrected chi connectivity index (χ3v) is 7.86. The molecular formula is C32H17F9N2O4. The van der Waals surface area contributed by atoms with Crippen LogP contribution in [0.15, 0.2) is 60.7 Å². The highest BCUT2D eigenvalue weighted by Crippen LogP contribution is 2.40. The summed E-state index contributed by atoms with van der Waals surface area (Å²) in [5.41, 5.74) is -5.43. The first-order chi connectivity index (χ1) is 21.8. The van der Waals surface area contributed by atoms with E-state index in [1.54, 1.807) is 0 Å². The highest BCUT2D eigenvalue weighted by Gasteiger charge is 2.41. The van der Waals surface area contributed by atoms with Crippen LogP contribution in [0, 0.1) is 6.92 Å². The number of carbonyl (C=O) groups is 4. The van der Waals surface area contributed by atoms with Crippen molar-refractivity contribution in [1.29, 1.82) is 0 Å². The quantitative estimate of drug-likeness (QED) is 0.165. The molecule has 4 amide bonds. The predicted octanol–water partition coefficient (Wildman–Crippen LogP) is 7.80. The molecular weight excluding hydrogens is 647 g/mol. The van der Waals surface area contributed by atoms with Crippen LogP contribution < -0.4 is 0 Å². The zero-order valence-electron chi connectivity index (χ0n) is 23.6. The van der Waals surface area contributed by atoms with E-state index < -0.39 is 77.5 Å². The Morgan fingerprint density at radius 2 is 0.766 bits per heavy atom. The van der Waals surface area contributed by atoms with E-state index in [0.29, 0.717) is 17.0 Å². The van der Waals surface area contributed by atoms with Gasteiger partial charge in [-0.1, -0.05) is 11.6 Å². The molecule has 0 spiro atoms. The van der Waals surface area contributed by atoms with E-state index >= 15 is 0 Å². The number of imide groups is 2. The summed E-state index contributed by atoms with van der Waals surface area (Å²) >= 11 is 0. The van der Waals surface area contributed by atoms with Crippen LogP contribution in [0.3, 0.4) is 0 Å². The SMILES string of the molecule is Cc1cc(CN2C(=O)c3ccc4c5c(ccc(c35)C2=O)C(=O)N(Cc2cc(C(F)(F)F)cc(C(F)(F)F)c2)C4=O)cc(C(F)(F)F)c1. The van der Waals surface area contributed by atoms with E-state index in [-0.39, 0.29) is 50.2 Å². The summed E-state index contributed by atoms with van der Waals surface area (Å²) in [5.74, 6) is -4.04. The highest BCUT2D eigenvalue weighted by atomic mass is 19.4. The standard InChI is InChI=1S/C32H17F9N2O4/c1-14-6-15(8-17(7-14)30(33,34)35)12-42-26(44)20-2-4-22-25-23(5-3-21(24(20)25)27(42)45)29(47)43(28(22)46)13-16-9-18(31(36,37)38)11-19(10-16)32(39,40)41/h2-11H,12-13H2,1H3. The predicted molar refractivity (Wildman–Crippen MR) is 145 cm³/mol. The number of alkyl halides is 9. The van der Waals surface area contributed by atoms with Crippen LogP contribution in [0.4, 0.5) is 39.5 Å². The molecule has 0 N–H and O–H groups in total. The lowest BCUT2D eigenvalue weighted by molar-refractivity contribution is -0.143. The Labute approximate surface area is 258 Å². The maximum Gasteiger partial charge on any atom is 0.416 e.